The smallest absolute Gasteiger partial charge is 0.323 e. The van der Waals surface area contributed by atoms with Gasteiger partial charge in [0.15, 0.2) is 5.60 Å². The Morgan fingerprint density at radius 1 is 1.03 bits per heavy atom. The highest BCUT2D eigenvalue weighted by atomic mass is 32.2. The quantitative estimate of drug-likeness (QED) is 0.440. The molecule has 3 aromatic carbocycles. The SMILES string of the molecule is CC(C)OC(=O)[C@@H](N)Cc1cccc(S(=O)(=O)N2CC(Oc3ccc(F)cc3)(c3ccccc3)C2)c1. The Morgan fingerprint density at radius 3 is 2.33 bits per heavy atom. The predicted molar refractivity (Wildman–Crippen MR) is 133 cm³/mol. The third-order valence-corrected chi connectivity index (χ3v) is 7.72. The molecular formula is C27H29FN2O5S. The van der Waals surface area contributed by atoms with Crippen molar-refractivity contribution in [1.82, 2.24) is 4.31 Å². The van der Waals surface area contributed by atoms with Gasteiger partial charge in [0.25, 0.3) is 0 Å². The van der Waals surface area contributed by atoms with E-state index in [-0.39, 0.29) is 36.3 Å². The van der Waals surface area contributed by atoms with Crippen LogP contribution < -0.4 is 10.5 Å². The molecule has 36 heavy (non-hydrogen) atoms. The summed E-state index contributed by atoms with van der Waals surface area (Å²) in [7, 11) is -3.84. The minimum absolute atomic E-state index is 0.0845. The molecule has 9 heteroatoms. The molecule has 3 aromatic rings. The Morgan fingerprint density at radius 2 is 1.69 bits per heavy atom. The molecule has 0 spiro atoms. The lowest BCUT2D eigenvalue weighted by molar-refractivity contribution is -0.148. The van der Waals surface area contributed by atoms with Crippen molar-refractivity contribution in [3.05, 3.63) is 95.8 Å². The van der Waals surface area contributed by atoms with E-state index in [4.69, 9.17) is 15.2 Å². The van der Waals surface area contributed by atoms with Crippen LogP contribution >= 0.6 is 0 Å². The fourth-order valence-corrected chi connectivity index (χ4v) is 5.71. The number of hydrogen-bond acceptors (Lipinski definition) is 6. The molecule has 2 N–H and O–H groups in total. The number of hydrogen-bond donors (Lipinski definition) is 1. The number of benzene rings is 3. The topological polar surface area (TPSA) is 98.9 Å². The first kappa shape index (κ1) is 25.8. The number of sulfonamides is 1. The molecule has 1 heterocycles. The van der Waals surface area contributed by atoms with E-state index in [9.17, 15) is 17.6 Å². The van der Waals surface area contributed by atoms with E-state index >= 15 is 0 Å². The van der Waals surface area contributed by atoms with Crippen LogP contribution in [0, 0.1) is 5.82 Å². The van der Waals surface area contributed by atoms with Crippen molar-refractivity contribution in [2.75, 3.05) is 13.1 Å². The molecule has 0 bridgehead atoms. The Labute approximate surface area is 210 Å². The van der Waals surface area contributed by atoms with Crippen LogP contribution in [0.1, 0.15) is 25.0 Å². The average Bonchev–Trinajstić information content (AvgIpc) is 2.82. The Balaban J connectivity index is 1.53. The van der Waals surface area contributed by atoms with Crippen LogP contribution in [0.5, 0.6) is 5.75 Å². The molecule has 1 aliphatic rings. The number of halogens is 1. The van der Waals surface area contributed by atoms with E-state index in [0.29, 0.717) is 11.3 Å². The van der Waals surface area contributed by atoms with Gasteiger partial charge >= 0.3 is 5.97 Å². The van der Waals surface area contributed by atoms with Crippen LogP contribution in [0.15, 0.2) is 83.8 Å². The van der Waals surface area contributed by atoms with Gasteiger partial charge in [-0.25, -0.2) is 12.8 Å². The molecule has 0 aromatic heterocycles. The van der Waals surface area contributed by atoms with Gasteiger partial charge < -0.3 is 15.2 Å². The Bertz CT molecular complexity index is 1310. The van der Waals surface area contributed by atoms with Gasteiger partial charge in [0.05, 0.1) is 24.1 Å². The standard InChI is InChI=1S/C27H29FN2O5S/c1-19(2)34-26(31)25(29)16-20-7-6-10-24(15-20)36(32,33)30-17-27(18-30,21-8-4-3-5-9-21)35-23-13-11-22(28)12-14-23/h3-15,19,25H,16-18,29H2,1-2H3/t25-/m0/s1. The van der Waals surface area contributed by atoms with Gasteiger partial charge in [-0.1, -0.05) is 42.5 Å². The van der Waals surface area contributed by atoms with Crippen LogP contribution in [0.4, 0.5) is 4.39 Å². The van der Waals surface area contributed by atoms with E-state index in [2.05, 4.69) is 0 Å². The third-order valence-electron chi connectivity index (χ3n) is 5.94. The number of carbonyl (C=O) groups is 1. The zero-order valence-electron chi connectivity index (χ0n) is 20.1. The monoisotopic (exact) mass is 512 g/mol. The van der Waals surface area contributed by atoms with E-state index in [0.717, 1.165) is 5.56 Å². The molecule has 4 rings (SSSR count). The van der Waals surface area contributed by atoms with Crippen LogP contribution in [0.2, 0.25) is 0 Å². The fourth-order valence-electron chi connectivity index (χ4n) is 4.11. The van der Waals surface area contributed by atoms with Crippen LogP contribution in [0.25, 0.3) is 0 Å². The third kappa shape index (κ3) is 5.59. The van der Waals surface area contributed by atoms with E-state index in [1.165, 1.54) is 40.7 Å². The molecule has 0 amide bonds. The van der Waals surface area contributed by atoms with Gasteiger partial charge in [-0.2, -0.15) is 4.31 Å². The second-order valence-electron chi connectivity index (χ2n) is 9.13. The van der Waals surface area contributed by atoms with Gasteiger partial charge in [-0.15, -0.1) is 0 Å². The first-order chi connectivity index (χ1) is 17.1. The van der Waals surface area contributed by atoms with Gasteiger partial charge in [0, 0.05) is 0 Å². The van der Waals surface area contributed by atoms with Crippen molar-refractivity contribution in [3.63, 3.8) is 0 Å². The van der Waals surface area contributed by atoms with Gasteiger partial charge in [-0.05, 0) is 67.8 Å². The van der Waals surface area contributed by atoms with Crippen LogP contribution in [-0.4, -0.2) is 43.9 Å². The Kier molecular flexibility index (Phi) is 7.44. The normalized spacial score (nSPS) is 16.2. The number of rotatable bonds is 9. The first-order valence-corrected chi connectivity index (χ1v) is 13.1. The molecule has 190 valence electrons. The Hall–Kier alpha value is -3.27. The number of nitrogens with two attached hydrogens (primary N) is 1. The summed E-state index contributed by atoms with van der Waals surface area (Å²) in [5, 5.41) is 0. The lowest BCUT2D eigenvalue weighted by atomic mass is 9.87. The maximum atomic E-state index is 13.4. The number of esters is 1. The van der Waals surface area contributed by atoms with Gasteiger partial charge in [-0.3, -0.25) is 4.79 Å². The second-order valence-corrected chi connectivity index (χ2v) is 11.1. The summed E-state index contributed by atoms with van der Waals surface area (Å²) in [6, 6.07) is 20.5. The lowest BCUT2D eigenvalue weighted by Crippen LogP contribution is -2.64. The zero-order chi connectivity index (χ0) is 25.9. The summed E-state index contributed by atoms with van der Waals surface area (Å²) in [4.78, 5) is 12.2. The molecule has 0 radical (unpaired) electrons. The fraction of sp³-hybridized carbons (Fsp3) is 0.296. The summed E-state index contributed by atoms with van der Waals surface area (Å²) < 4.78 is 53.0. The minimum Gasteiger partial charge on any atom is -0.480 e. The van der Waals surface area contributed by atoms with Crippen molar-refractivity contribution < 1.29 is 27.1 Å². The molecule has 1 atom stereocenters. The van der Waals surface area contributed by atoms with E-state index in [1.807, 2.05) is 30.3 Å². The summed E-state index contributed by atoms with van der Waals surface area (Å²) in [5.74, 6) is -0.473. The predicted octanol–water partition coefficient (Wildman–Crippen LogP) is 3.63. The van der Waals surface area contributed by atoms with Gasteiger partial charge in [0.2, 0.25) is 10.0 Å². The maximum Gasteiger partial charge on any atom is 0.323 e. The molecule has 7 nitrogen and oxygen atoms in total. The van der Waals surface area contributed by atoms with Crippen molar-refractivity contribution in [2.45, 2.75) is 42.9 Å². The minimum atomic E-state index is -3.84. The lowest BCUT2D eigenvalue weighted by Gasteiger charge is -2.48. The molecule has 0 saturated carbocycles. The van der Waals surface area contributed by atoms with Crippen molar-refractivity contribution >= 4 is 16.0 Å². The second kappa shape index (κ2) is 10.4. The largest absolute Gasteiger partial charge is 0.480 e. The summed E-state index contributed by atoms with van der Waals surface area (Å²) >= 11 is 0. The summed E-state index contributed by atoms with van der Waals surface area (Å²) in [6.07, 6.45) is -0.139. The van der Waals surface area contributed by atoms with Crippen LogP contribution in [0.3, 0.4) is 0 Å². The van der Waals surface area contributed by atoms with Crippen LogP contribution in [-0.2, 0) is 31.6 Å². The highest BCUT2D eigenvalue weighted by molar-refractivity contribution is 7.89. The molecule has 1 saturated heterocycles. The van der Waals surface area contributed by atoms with E-state index < -0.39 is 27.6 Å². The first-order valence-electron chi connectivity index (χ1n) is 11.6. The van der Waals surface area contributed by atoms with Crippen molar-refractivity contribution in [1.29, 1.82) is 0 Å². The summed E-state index contributed by atoms with van der Waals surface area (Å²) in [5.41, 5.74) is 6.49. The maximum absolute atomic E-state index is 13.4. The zero-order valence-corrected chi connectivity index (χ0v) is 21.0. The number of carbonyl (C=O) groups excluding carboxylic acids is 1. The van der Waals surface area contributed by atoms with Crippen molar-refractivity contribution in [3.8, 4) is 5.75 Å². The van der Waals surface area contributed by atoms with Crippen molar-refractivity contribution in [2.24, 2.45) is 5.73 Å². The molecule has 1 aliphatic heterocycles. The highest BCUT2D eigenvalue weighted by Crippen LogP contribution is 2.40. The molecular weight excluding hydrogens is 483 g/mol. The number of ether oxygens (including phenoxy) is 2. The molecule has 0 unspecified atom stereocenters. The average molecular weight is 513 g/mol. The molecule has 0 aliphatic carbocycles. The highest BCUT2D eigenvalue weighted by Gasteiger charge is 2.52. The van der Waals surface area contributed by atoms with Gasteiger partial charge in [0.1, 0.15) is 17.6 Å². The summed E-state index contributed by atoms with van der Waals surface area (Å²) in [6.45, 7) is 3.64. The number of nitrogens with zero attached hydrogens (tertiary/aromatic N) is 1. The molecule has 1 fully saturated rings. The van der Waals surface area contributed by atoms with E-state index in [1.54, 1.807) is 26.0 Å².